The number of carbonyl (C=O) groups is 1. The molecule has 1 aliphatic rings. The highest BCUT2D eigenvalue weighted by molar-refractivity contribution is 6.35. The zero-order chi connectivity index (χ0) is 17.8. The molecular formula is C21H24N2O2. The Kier molecular flexibility index (Phi) is 5.19. The van der Waals surface area contributed by atoms with Crippen molar-refractivity contribution in [2.24, 2.45) is 0 Å². The van der Waals surface area contributed by atoms with Crippen molar-refractivity contribution in [3.8, 4) is 5.75 Å². The van der Waals surface area contributed by atoms with E-state index in [4.69, 9.17) is 4.74 Å². The Morgan fingerprint density at radius 2 is 1.88 bits per heavy atom. The summed E-state index contributed by atoms with van der Waals surface area (Å²) in [4.78, 5) is 14.4. The minimum atomic E-state index is -0.0479. The number of hydrogen-bond donors (Lipinski definition) is 1. The molecule has 1 N–H and O–H groups in total. The van der Waals surface area contributed by atoms with Crippen LogP contribution in [-0.2, 0) is 4.79 Å². The van der Waals surface area contributed by atoms with Crippen molar-refractivity contribution in [3.05, 3.63) is 59.2 Å². The summed E-state index contributed by atoms with van der Waals surface area (Å²) in [6.45, 7) is 3.74. The van der Waals surface area contributed by atoms with Gasteiger partial charge in [-0.2, -0.15) is 0 Å². The molecule has 1 amide bonds. The van der Waals surface area contributed by atoms with E-state index < -0.39 is 0 Å². The molecule has 0 bridgehead atoms. The Hall–Kier alpha value is -2.59. The number of fused-ring (bicyclic) bond motifs is 1. The predicted octanol–water partition coefficient (Wildman–Crippen LogP) is 3.82. The molecule has 4 nitrogen and oxygen atoms in total. The molecule has 0 atom stereocenters. The summed E-state index contributed by atoms with van der Waals surface area (Å²) in [5, 5.41) is 2.93. The van der Waals surface area contributed by atoms with E-state index in [1.165, 1.54) is 0 Å². The maximum Gasteiger partial charge on any atom is 0.256 e. The van der Waals surface area contributed by atoms with Crippen LogP contribution >= 0.6 is 0 Å². The first-order valence-electron chi connectivity index (χ1n) is 8.55. The molecule has 1 heterocycles. The number of hydrogen-bond acceptors (Lipinski definition) is 3. The fourth-order valence-electron chi connectivity index (χ4n) is 2.97. The van der Waals surface area contributed by atoms with Gasteiger partial charge in [-0.05, 0) is 62.8 Å². The molecule has 0 aliphatic carbocycles. The third-order valence-electron chi connectivity index (χ3n) is 4.24. The van der Waals surface area contributed by atoms with Gasteiger partial charge in [0.05, 0.1) is 6.61 Å². The lowest BCUT2D eigenvalue weighted by atomic mass is 9.99. The lowest BCUT2D eigenvalue weighted by molar-refractivity contribution is -0.110. The van der Waals surface area contributed by atoms with Gasteiger partial charge in [0, 0.05) is 23.4 Å². The van der Waals surface area contributed by atoms with E-state index in [9.17, 15) is 4.79 Å². The molecule has 25 heavy (non-hydrogen) atoms. The summed E-state index contributed by atoms with van der Waals surface area (Å²) < 4.78 is 5.75. The van der Waals surface area contributed by atoms with Gasteiger partial charge in [-0.25, -0.2) is 0 Å². The zero-order valence-electron chi connectivity index (χ0n) is 15.0. The quantitative estimate of drug-likeness (QED) is 0.644. The molecule has 0 aromatic heterocycles. The topological polar surface area (TPSA) is 41.6 Å². The number of nitrogens with zero attached hydrogens (tertiary/aromatic N) is 1. The van der Waals surface area contributed by atoms with Gasteiger partial charge in [0.25, 0.3) is 5.91 Å². The Balaban J connectivity index is 1.72. The van der Waals surface area contributed by atoms with E-state index in [-0.39, 0.29) is 5.91 Å². The smallest absolute Gasteiger partial charge is 0.256 e. The van der Waals surface area contributed by atoms with Gasteiger partial charge in [0.15, 0.2) is 0 Å². The van der Waals surface area contributed by atoms with Gasteiger partial charge in [-0.15, -0.1) is 0 Å². The van der Waals surface area contributed by atoms with Gasteiger partial charge in [-0.3, -0.25) is 4.79 Å². The van der Waals surface area contributed by atoms with Gasteiger partial charge >= 0.3 is 0 Å². The highest BCUT2D eigenvalue weighted by atomic mass is 16.5. The fraction of sp³-hybridized carbons (Fsp3) is 0.286. The molecule has 2 aromatic rings. The molecule has 4 heteroatoms. The summed E-state index contributed by atoms with van der Waals surface area (Å²) in [6.07, 6.45) is 2.93. The molecule has 3 rings (SSSR count). The molecule has 0 saturated carbocycles. The van der Waals surface area contributed by atoms with Crippen molar-refractivity contribution < 1.29 is 9.53 Å². The number of carbonyl (C=O) groups excluding carboxylic acids is 1. The number of anilines is 1. The van der Waals surface area contributed by atoms with Crippen LogP contribution in [0, 0.1) is 6.92 Å². The van der Waals surface area contributed by atoms with Gasteiger partial charge in [0.2, 0.25) is 0 Å². The van der Waals surface area contributed by atoms with Crippen LogP contribution in [0.5, 0.6) is 5.75 Å². The van der Waals surface area contributed by atoms with E-state index in [0.29, 0.717) is 12.2 Å². The van der Waals surface area contributed by atoms with Gasteiger partial charge in [-0.1, -0.05) is 24.3 Å². The highest BCUT2D eigenvalue weighted by Gasteiger charge is 2.25. The third kappa shape index (κ3) is 4.09. The van der Waals surface area contributed by atoms with Crippen molar-refractivity contribution in [1.82, 2.24) is 4.90 Å². The van der Waals surface area contributed by atoms with Crippen LogP contribution in [0.2, 0.25) is 0 Å². The number of rotatable bonds is 6. The summed E-state index contributed by atoms with van der Waals surface area (Å²) in [7, 11) is 4.11. The highest BCUT2D eigenvalue weighted by Crippen LogP contribution is 2.35. The van der Waals surface area contributed by atoms with Crippen molar-refractivity contribution >= 4 is 23.2 Å². The minimum absolute atomic E-state index is 0.0479. The normalized spacial score (nSPS) is 14.7. The van der Waals surface area contributed by atoms with Crippen LogP contribution in [0.25, 0.3) is 11.6 Å². The zero-order valence-corrected chi connectivity index (χ0v) is 15.0. The average molecular weight is 336 g/mol. The van der Waals surface area contributed by atoms with Crippen molar-refractivity contribution in [2.45, 2.75) is 13.3 Å². The minimum Gasteiger partial charge on any atom is -0.494 e. The summed E-state index contributed by atoms with van der Waals surface area (Å²) >= 11 is 0. The maximum absolute atomic E-state index is 12.3. The SMILES string of the molecule is Cc1cccc2c1C(=Cc1ccc(OCCCN(C)C)cc1)C(=O)N2. The van der Waals surface area contributed by atoms with Crippen molar-refractivity contribution in [1.29, 1.82) is 0 Å². The Morgan fingerprint density at radius 3 is 2.60 bits per heavy atom. The number of amides is 1. The second-order valence-corrected chi connectivity index (χ2v) is 6.58. The van der Waals surface area contributed by atoms with Gasteiger partial charge in [0.1, 0.15) is 5.75 Å². The Morgan fingerprint density at radius 1 is 1.12 bits per heavy atom. The van der Waals surface area contributed by atoms with Crippen LogP contribution in [0.1, 0.15) is 23.1 Å². The number of benzene rings is 2. The molecule has 1 aliphatic heterocycles. The molecule has 0 saturated heterocycles. The summed E-state index contributed by atoms with van der Waals surface area (Å²) in [5.74, 6) is 0.807. The molecule has 0 fully saturated rings. The Bertz CT molecular complexity index is 792. The summed E-state index contributed by atoms with van der Waals surface area (Å²) in [5.41, 5.74) is 4.69. The Labute approximate surface area is 149 Å². The molecule has 0 radical (unpaired) electrons. The first kappa shape index (κ1) is 17.2. The van der Waals surface area contributed by atoms with Crippen LogP contribution in [0.4, 0.5) is 5.69 Å². The standard InChI is InChI=1S/C21H24N2O2/c1-15-6-4-7-19-20(15)18(21(24)22-19)14-16-8-10-17(11-9-16)25-13-5-12-23(2)3/h4,6-11,14H,5,12-13H2,1-3H3,(H,22,24). The van der Waals surface area contributed by atoms with E-state index in [2.05, 4.69) is 24.3 Å². The molecule has 0 unspecified atom stereocenters. The lowest BCUT2D eigenvalue weighted by Gasteiger charge is -2.10. The first-order chi connectivity index (χ1) is 12.0. The lowest BCUT2D eigenvalue weighted by Crippen LogP contribution is -2.15. The van der Waals surface area contributed by atoms with E-state index in [0.717, 1.165) is 41.1 Å². The summed E-state index contributed by atoms with van der Waals surface area (Å²) in [6, 6.07) is 13.8. The third-order valence-corrected chi connectivity index (χ3v) is 4.24. The fourth-order valence-corrected chi connectivity index (χ4v) is 2.97. The van der Waals surface area contributed by atoms with Crippen molar-refractivity contribution in [2.75, 3.05) is 32.6 Å². The second-order valence-electron chi connectivity index (χ2n) is 6.58. The number of aryl methyl sites for hydroxylation is 1. The first-order valence-corrected chi connectivity index (χ1v) is 8.55. The largest absolute Gasteiger partial charge is 0.494 e. The second kappa shape index (κ2) is 7.53. The molecule has 0 spiro atoms. The molecule has 2 aromatic carbocycles. The molecular weight excluding hydrogens is 312 g/mol. The van der Waals surface area contributed by atoms with Gasteiger partial charge < -0.3 is 15.0 Å². The predicted molar refractivity (Wildman–Crippen MR) is 103 cm³/mol. The maximum atomic E-state index is 12.3. The van der Waals surface area contributed by atoms with E-state index in [1.54, 1.807) is 0 Å². The van der Waals surface area contributed by atoms with Crippen LogP contribution in [0.15, 0.2) is 42.5 Å². The molecule has 130 valence electrons. The van der Waals surface area contributed by atoms with Crippen molar-refractivity contribution in [3.63, 3.8) is 0 Å². The monoisotopic (exact) mass is 336 g/mol. The van der Waals surface area contributed by atoms with Crippen LogP contribution in [0.3, 0.4) is 0 Å². The number of nitrogens with one attached hydrogen (secondary N) is 1. The van der Waals surface area contributed by atoms with Crippen LogP contribution in [-0.4, -0.2) is 38.1 Å². The van der Waals surface area contributed by atoms with Crippen LogP contribution < -0.4 is 10.1 Å². The van der Waals surface area contributed by atoms with E-state index in [1.807, 2.05) is 55.5 Å². The average Bonchev–Trinajstić information content (AvgIpc) is 2.90. The van der Waals surface area contributed by atoms with E-state index >= 15 is 0 Å². The number of ether oxygens (including phenoxy) is 1.